The molecule has 0 spiro atoms. The fourth-order valence-corrected chi connectivity index (χ4v) is 2.09. The first-order valence-corrected chi connectivity index (χ1v) is 6.07. The Kier molecular flexibility index (Phi) is 4.11. The molecule has 2 N–H and O–H groups in total. The molecule has 1 amide bonds. The van der Waals surface area contributed by atoms with Crippen molar-refractivity contribution < 1.29 is 19.0 Å². The van der Waals surface area contributed by atoms with E-state index in [0.717, 1.165) is 5.56 Å². The van der Waals surface area contributed by atoms with E-state index in [4.69, 9.17) is 19.9 Å². The van der Waals surface area contributed by atoms with E-state index in [1.807, 2.05) is 12.1 Å². The van der Waals surface area contributed by atoms with Crippen LogP contribution < -0.4 is 15.2 Å². The van der Waals surface area contributed by atoms with Gasteiger partial charge in [-0.05, 0) is 12.1 Å². The van der Waals surface area contributed by atoms with Gasteiger partial charge in [0.15, 0.2) is 0 Å². The van der Waals surface area contributed by atoms with Crippen LogP contribution in [0.15, 0.2) is 18.2 Å². The molecule has 1 saturated heterocycles. The van der Waals surface area contributed by atoms with Crippen LogP contribution in [-0.4, -0.2) is 44.8 Å². The highest BCUT2D eigenvalue weighted by Gasteiger charge is 2.33. The van der Waals surface area contributed by atoms with Gasteiger partial charge >= 0.3 is 6.09 Å². The molecule has 1 aliphatic rings. The second-order valence-corrected chi connectivity index (χ2v) is 4.21. The molecule has 19 heavy (non-hydrogen) atoms. The molecule has 0 saturated carbocycles. The lowest BCUT2D eigenvalue weighted by molar-refractivity contribution is 0.132. The maximum Gasteiger partial charge on any atom is 0.410 e. The third-order valence-corrected chi connectivity index (χ3v) is 3.07. The van der Waals surface area contributed by atoms with Crippen LogP contribution in [0.2, 0.25) is 0 Å². The minimum absolute atomic E-state index is 0.333. The summed E-state index contributed by atoms with van der Waals surface area (Å²) in [4.78, 5) is 13.2. The zero-order chi connectivity index (χ0) is 13.8. The largest absolute Gasteiger partial charge is 0.497 e. The average Bonchev–Trinajstić information content (AvgIpc) is 2.79. The van der Waals surface area contributed by atoms with E-state index < -0.39 is 0 Å². The van der Waals surface area contributed by atoms with Gasteiger partial charge in [0.2, 0.25) is 0 Å². The van der Waals surface area contributed by atoms with Crippen molar-refractivity contribution in [3.8, 4) is 11.5 Å². The van der Waals surface area contributed by atoms with E-state index >= 15 is 0 Å². The van der Waals surface area contributed by atoms with Crippen LogP contribution in [0.3, 0.4) is 0 Å². The molecule has 104 valence electrons. The second-order valence-electron chi connectivity index (χ2n) is 4.21. The van der Waals surface area contributed by atoms with E-state index in [0.29, 0.717) is 31.1 Å². The number of nitrogens with zero attached hydrogens (tertiary/aromatic N) is 1. The third-order valence-electron chi connectivity index (χ3n) is 3.07. The highest BCUT2D eigenvalue weighted by molar-refractivity contribution is 5.70. The predicted molar refractivity (Wildman–Crippen MR) is 69.4 cm³/mol. The lowest BCUT2D eigenvalue weighted by Gasteiger charge is -2.14. The molecule has 1 fully saturated rings. The summed E-state index contributed by atoms with van der Waals surface area (Å²) in [6.45, 7) is 1.40. The van der Waals surface area contributed by atoms with Crippen LogP contribution >= 0.6 is 0 Å². The average molecular weight is 266 g/mol. The van der Waals surface area contributed by atoms with Crippen LogP contribution in [0, 0.1) is 0 Å². The number of nitrogens with two attached hydrogens (primary N) is 1. The Labute approximate surface area is 112 Å². The normalized spacial score (nSPS) is 18.4. The Morgan fingerprint density at radius 2 is 2.21 bits per heavy atom. The number of carbonyl (C=O) groups is 1. The van der Waals surface area contributed by atoms with Crippen molar-refractivity contribution in [3.05, 3.63) is 23.8 Å². The molecule has 2 rings (SSSR count). The second kappa shape index (κ2) is 5.79. The molecular weight excluding hydrogens is 248 g/mol. The van der Waals surface area contributed by atoms with Gasteiger partial charge < -0.3 is 24.8 Å². The molecule has 1 heterocycles. The monoisotopic (exact) mass is 266 g/mol. The number of amides is 1. The summed E-state index contributed by atoms with van der Waals surface area (Å²) >= 11 is 0. The van der Waals surface area contributed by atoms with E-state index in [9.17, 15) is 4.79 Å². The van der Waals surface area contributed by atoms with Crippen molar-refractivity contribution in [2.45, 2.75) is 6.10 Å². The minimum atomic E-state index is -0.340. The highest BCUT2D eigenvalue weighted by Crippen LogP contribution is 2.34. The summed E-state index contributed by atoms with van der Waals surface area (Å²) in [5, 5.41) is 0. The fourth-order valence-electron chi connectivity index (χ4n) is 2.09. The molecule has 1 aromatic carbocycles. The van der Waals surface area contributed by atoms with Crippen molar-refractivity contribution in [2.75, 3.05) is 33.9 Å². The van der Waals surface area contributed by atoms with Crippen molar-refractivity contribution in [2.24, 2.45) is 5.73 Å². The van der Waals surface area contributed by atoms with Crippen LogP contribution in [0.4, 0.5) is 4.79 Å². The summed E-state index contributed by atoms with van der Waals surface area (Å²) in [7, 11) is 3.17. The van der Waals surface area contributed by atoms with Crippen molar-refractivity contribution in [1.82, 2.24) is 4.90 Å². The molecule has 0 aliphatic carbocycles. The van der Waals surface area contributed by atoms with E-state index in [1.165, 1.54) is 0 Å². The first-order valence-electron chi connectivity index (χ1n) is 6.07. The summed E-state index contributed by atoms with van der Waals surface area (Å²) in [6.07, 6.45) is -0.673. The Balaban J connectivity index is 2.21. The summed E-state index contributed by atoms with van der Waals surface area (Å²) < 4.78 is 15.8. The first kappa shape index (κ1) is 13.5. The standard InChI is InChI=1S/C13H18N2O4/c1-17-9-3-4-10(11(7-9)18-2)12-8-15(6-5-14)13(16)19-12/h3-4,7,12H,5-6,8,14H2,1-2H3. The Morgan fingerprint density at radius 1 is 1.42 bits per heavy atom. The van der Waals surface area contributed by atoms with Crippen molar-refractivity contribution in [1.29, 1.82) is 0 Å². The molecule has 1 aromatic rings. The summed E-state index contributed by atoms with van der Waals surface area (Å²) in [5.41, 5.74) is 6.29. The molecule has 6 heteroatoms. The lowest BCUT2D eigenvalue weighted by Crippen LogP contribution is -2.30. The van der Waals surface area contributed by atoms with Gasteiger partial charge in [0.25, 0.3) is 0 Å². The summed E-state index contributed by atoms with van der Waals surface area (Å²) in [6, 6.07) is 5.44. The highest BCUT2D eigenvalue weighted by atomic mass is 16.6. The Hall–Kier alpha value is -1.95. The number of cyclic esters (lactones) is 1. The van der Waals surface area contributed by atoms with Crippen LogP contribution in [0.1, 0.15) is 11.7 Å². The van der Waals surface area contributed by atoms with Crippen LogP contribution in [0.25, 0.3) is 0 Å². The maximum atomic E-state index is 11.7. The maximum absolute atomic E-state index is 11.7. The number of methoxy groups -OCH3 is 2. The van der Waals surface area contributed by atoms with E-state index in [-0.39, 0.29) is 12.2 Å². The smallest absolute Gasteiger partial charge is 0.410 e. The predicted octanol–water partition coefficient (Wildman–Crippen LogP) is 1.16. The molecule has 0 aromatic heterocycles. The number of rotatable bonds is 5. The molecule has 1 unspecified atom stereocenters. The molecular formula is C13H18N2O4. The van der Waals surface area contributed by atoms with Gasteiger partial charge in [-0.15, -0.1) is 0 Å². The lowest BCUT2D eigenvalue weighted by atomic mass is 10.1. The van der Waals surface area contributed by atoms with Crippen molar-refractivity contribution >= 4 is 6.09 Å². The number of carbonyl (C=O) groups excluding carboxylic acids is 1. The summed E-state index contributed by atoms with van der Waals surface area (Å²) in [5.74, 6) is 1.34. The number of hydrogen-bond donors (Lipinski definition) is 1. The van der Waals surface area contributed by atoms with Gasteiger partial charge in [-0.1, -0.05) is 0 Å². The number of ether oxygens (including phenoxy) is 3. The first-order chi connectivity index (χ1) is 9.19. The fraction of sp³-hybridized carbons (Fsp3) is 0.462. The Morgan fingerprint density at radius 3 is 2.84 bits per heavy atom. The number of benzene rings is 1. The molecule has 1 atom stereocenters. The van der Waals surface area contributed by atoms with Gasteiger partial charge in [0.05, 0.1) is 20.8 Å². The zero-order valence-corrected chi connectivity index (χ0v) is 11.1. The Bertz CT molecular complexity index is 464. The van der Waals surface area contributed by atoms with E-state index in [2.05, 4.69) is 0 Å². The topological polar surface area (TPSA) is 74.0 Å². The zero-order valence-electron chi connectivity index (χ0n) is 11.1. The van der Waals surface area contributed by atoms with Gasteiger partial charge in [0, 0.05) is 24.7 Å². The van der Waals surface area contributed by atoms with Gasteiger partial charge in [-0.25, -0.2) is 4.79 Å². The quantitative estimate of drug-likeness (QED) is 0.865. The van der Waals surface area contributed by atoms with Crippen LogP contribution in [0.5, 0.6) is 11.5 Å². The molecule has 1 aliphatic heterocycles. The van der Waals surface area contributed by atoms with Crippen molar-refractivity contribution in [3.63, 3.8) is 0 Å². The number of hydrogen-bond acceptors (Lipinski definition) is 5. The molecule has 6 nitrogen and oxygen atoms in total. The molecule has 0 bridgehead atoms. The SMILES string of the molecule is COc1ccc(C2CN(CCN)C(=O)O2)c(OC)c1. The van der Waals surface area contributed by atoms with E-state index in [1.54, 1.807) is 25.2 Å². The minimum Gasteiger partial charge on any atom is -0.497 e. The van der Waals surface area contributed by atoms with Gasteiger partial charge in [0.1, 0.15) is 17.6 Å². The third kappa shape index (κ3) is 2.73. The molecule has 0 radical (unpaired) electrons. The van der Waals surface area contributed by atoms with Gasteiger partial charge in [-0.2, -0.15) is 0 Å². The van der Waals surface area contributed by atoms with Gasteiger partial charge in [-0.3, -0.25) is 0 Å². The van der Waals surface area contributed by atoms with Crippen LogP contribution in [-0.2, 0) is 4.74 Å².